The fourth-order valence-corrected chi connectivity index (χ4v) is 2.07. The highest BCUT2D eigenvalue weighted by Gasteiger charge is 2.37. The lowest BCUT2D eigenvalue weighted by molar-refractivity contribution is 0.0606. The molecule has 1 fully saturated rings. The Bertz CT molecular complexity index is 345. The van der Waals surface area contributed by atoms with E-state index in [1.54, 1.807) is 12.1 Å². The highest BCUT2D eigenvalue weighted by Crippen LogP contribution is 2.23. The van der Waals surface area contributed by atoms with Gasteiger partial charge in [-0.1, -0.05) is 19.1 Å². The Balaban J connectivity index is 1.90. The lowest BCUT2D eigenvalue weighted by Crippen LogP contribution is -2.66. The summed E-state index contributed by atoms with van der Waals surface area (Å²) in [5.41, 5.74) is 7.08. The SMILES string of the molecule is CCC1(N)CN(Cc2cccc(F)c2)C1. The van der Waals surface area contributed by atoms with E-state index < -0.39 is 0 Å². The summed E-state index contributed by atoms with van der Waals surface area (Å²) in [5, 5.41) is 0. The lowest BCUT2D eigenvalue weighted by atomic mass is 9.88. The van der Waals surface area contributed by atoms with Gasteiger partial charge in [0, 0.05) is 25.2 Å². The van der Waals surface area contributed by atoms with E-state index in [-0.39, 0.29) is 11.4 Å². The van der Waals surface area contributed by atoms with E-state index >= 15 is 0 Å². The highest BCUT2D eigenvalue weighted by molar-refractivity contribution is 5.17. The molecule has 0 spiro atoms. The highest BCUT2D eigenvalue weighted by atomic mass is 19.1. The Morgan fingerprint density at radius 3 is 2.80 bits per heavy atom. The van der Waals surface area contributed by atoms with Crippen LogP contribution in [0.3, 0.4) is 0 Å². The molecule has 1 heterocycles. The van der Waals surface area contributed by atoms with Crippen LogP contribution in [0, 0.1) is 5.82 Å². The number of nitrogens with two attached hydrogens (primary N) is 1. The molecule has 1 aromatic rings. The third-order valence-electron chi connectivity index (χ3n) is 3.08. The second-order valence-electron chi connectivity index (χ2n) is 4.49. The van der Waals surface area contributed by atoms with Gasteiger partial charge in [-0.05, 0) is 24.1 Å². The third-order valence-corrected chi connectivity index (χ3v) is 3.08. The molecule has 2 N–H and O–H groups in total. The molecule has 1 aromatic carbocycles. The van der Waals surface area contributed by atoms with Crippen molar-refractivity contribution in [2.24, 2.45) is 5.73 Å². The summed E-state index contributed by atoms with van der Waals surface area (Å²) in [4.78, 5) is 2.25. The number of benzene rings is 1. The molecule has 0 unspecified atom stereocenters. The Hall–Kier alpha value is -0.930. The van der Waals surface area contributed by atoms with E-state index in [2.05, 4.69) is 11.8 Å². The minimum Gasteiger partial charge on any atom is -0.323 e. The number of likely N-dealkylation sites (tertiary alicyclic amines) is 1. The molecular formula is C12H17FN2. The van der Waals surface area contributed by atoms with Gasteiger partial charge in [-0.25, -0.2) is 4.39 Å². The van der Waals surface area contributed by atoms with Crippen LogP contribution < -0.4 is 5.73 Å². The van der Waals surface area contributed by atoms with Gasteiger partial charge in [0.2, 0.25) is 0 Å². The Kier molecular flexibility index (Phi) is 2.76. The number of rotatable bonds is 3. The van der Waals surface area contributed by atoms with Crippen molar-refractivity contribution in [3.05, 3.63) is 35.6 Å². The first kappa shape index (κ1) is 10.6. The molecule has 1 aliphatic heterocycles. The van der Waals surface area contributed by atoms with E-state index in [0.717, 1.165) is 31.6 Å². The molecular weight excluding hydrogens is 191 g/mol. The monoisotopic (exact) mass is 208 g/mol. The second kappa shape index (κ2) is 3.91. The van der Waals surface area contributed by atoms with E-state index in [1.165, 1.54) is 6.07 Å². The van der Waals surface area contributed by atoms with Crippen LogP contribution in [-0.2, 0) is 6.54 Å². The van der Waals surface area contributed by atoms with Crippen molar-refractivity contribution in [2.75, 3.05) is 13.1 Å². The van der Waals surface area contributed by atoms with Gasteiger partial charge in [-0.15, -0.1) is 0 Å². The van der Waals surface area contributed by atoms with Crippen molar-refractivity contribution in [2.45, 2.75) is 25.4 Å². The summed E-state index contributed by atoms with van der Waals surface area (Å²) < 4.78 is 12.9. The summed E-state index contributed by atoms with van der Waals surface area (Å²) >= 11 is 0. The zero-order chi connectivity index (χ0) is 10.9. The van der Waals surface area contributed by atoms with Crippen LogP contribution in [0.1, 0.15) is 18.9 Å². The first-order valence-electron chi connectivity index (χ1n) is 5.37. The van der Waals surface area contributed by atoms with Crippen molar-refractivity contribution >= 4 is 0 Å². The Morgan fingerprint density at radius 1 is 1.47 bits per heavy atom. The summed E-state index contributed by atoms with van der Waals surface area (Å²) in [6, 6.07) is 6.76. The van der Waals surface area contributed by atoms with Gasteiger partial charge in [0.1, 0.15) is 5.82 Å². The number of nitrogens with zero attached hydrogens (tertiary/aromatic N) is 1. The van der Waals surface area contributed by atoms with Gasteiger partial charge in [0.05, 0.1) is 0 Å². The zero-order valence-electron chi connectivity index (χ0n) is 9.04. The molecule has 1 aliphatic rings. The zero-order valence-corrected chi connectivity index (χ0v) is 9.04. The topological polar surface area (TPSA) is 29.3 Å². The van der Waals surface area contributed by atoms with Crippen LogP contribution in [0.2, 0.25) is 0 Å². The lowest BCUT2D eigenvalue weighted by Gasteiger charge is -2.47. The molecule has 2 nitrogen and oxygen atoms in total. The molecule has 1 saturated heterocycles. The predicted octanol–water partition coefficient (Wildman–Crippen LogP) is 1.75. The fraction of sp³-hybridized carbons (Fsp3) is 0.500. The van der Waals surface area contributed by atoms with Crippen LogP contribution in [0.5, 0.6) is 0 Å². The van der Waals surface area contributed by atoms with Crippen molar-refractivity contribution in [1.29, 1.82) is 0 Å². The van der Waals surface area contributed by atoms with Crippen LogP contribution in [0.15, 0.2) is 24.3 Å². The van der Waals surface area contributed by atoms with Gasteiger partial charge in [-0.3, -0.25) is 4.90 Å². The van der Waals surface area contributed by atoms with Crippen molar-refractivity contribution in [3.63, 3.8) is 0 Å². The Labute approximate surface area is 89.9 Å². The number of hydrogen-bond donors (Lipinski definition) is 1. The fourth-order valence-electron chi connectivity index (χ4n) is 2.07. The van der Waals surface area contributed by atoms with Gasteiger partial charge in [0.25, 0.3) is 0 Å². The number of hydrogen-bond acceptors (Lipinski definition) is 2. The van der Waals surface area contributed by atoms with E-state index in [0.29, 0.717) is 0 Å². The van der Waals surface area contributed by atoms with Crippen molar-refractivity contribution < 1.29 is 4.39 Å². The summed E-state index contributed by atoms with van der Waals surface area (Å²) in [7, 11) is 0. The maximum Gasteiger partial charge on any atom is 0.123 e. The van der Waals surface area contributed by atoms with Crippen LogP contribution >= 0.6 is 0 Å². The third kappa shape index (κ3) is 2.36. The molecule has 0 aromatic heterocycles. The van der Waals surface area contributed by atoms with E-state index in [9.17, 15) is 4.39 Å². The normalized spacial score (nSPS) is 19.9. The van der Waals surface area contributed by atoms with Crippen molar-refractivity contribution in [3.8, 4) is 0 Å². The van der Waals surface area contributed by atoms with Gasteiger partial charge in [0.15, 0.2) is 0 Å². The molecule has 0 atom stereocenters. The van der Waals surface area contributed by atoms with Crippen LogP contribution in [-0.4, -0.2) is 23.5 Å². The van der Waals surface area contributed by atoms with Gasteiger partial charge >= 0.3 is 0 Å². The molecule has 82 valence electrons. The van der Waals surface area contributed by atoms with E-state index in [4.69, 9.17) is 5.73 Å². The molecule has 2 rings (SSSR count). The Morgan fingerprint density at radius 2 is 2.20 bits per heavy atom. The molecule has 0 aliphatic carbocycles. The van der Waals surface area contributed by atoms with Gasteiger partial charge < -0.3 is 5.73 Å². The average Bonchev–Trinajstić information content (AvgIpc) is 2.15. The van der Waals surface area contributed by atoms with Crippen LogP contribution in [0.25, 0.3) is 0 Å². The quantitative estimate of drug-likeness (QED) is 0.820. The molecule has 15 heavy (non-hydrogen) atoms. The standard InChI is InChI=1S/C12H17FN2/c1-2-12(14)8-15(9-12)7-10-4-3-5-11(13)6-10/h3-6H,2,7-9,14H2,1H3. The van der Waals surface area contributed by atoms with Gasteiger partial charge in [-0.2, -0.15) is 0 Å². The number of halogens is 1. The average molecular weight is 208 g/mol. The predicted molar refractivity (Wildman–Crippen MR) is 58.9 cm³/mol. The second-order valence-corrected chi connectivity index (χ2v) is 4.49. The smallest absolute Gasteiger partial charge is 0.123 e. The minimum absolute atomic E-state index is 0.00662. The minimum atomic E-state index is -0.164. The summed E-state index contributed by atoms with van der Waals surface area (Å²) in [6.07, 6.45) is 1.01. The largest absolute Gasteiger partial charge is 0.323 e. The molecule has 3 heteroatoms. The molecule has 0 bridgehead atoms. The molecule has 0 saturated carbocycles. The van der Waals surface area contributed by atoms with Crippen molar-refractivity contribution in [1.82, 2.24) is 4.90 Å². The van der Waals surface area contributed by atoms with E-state index in [1.807, 2.05) is 6.07 Å². The summed E-state index contributed by atoms with van der Waals surface area (Å²) in [5.74, 6) is -0.164. The maximum atomic E-state index is 12.9. The maximum absolute atomic E-state index is 12.9. The summed E-state index contributed by atoms with van der Waals surface area (Å²) in [6.45, 7) is 4.75. The molecule has 0 amide bonds. The first-order valence-corrected chi connectivity index (χ1v) is 5.37. The van der Waals surface area contributed by atoms with Crippen LogP contribution in [0.4, 0.5) is 4.39 Å². The first-order chi connectivity index (χ1) is 7.11. The molecule has 0 radical (unpaired) electrons.